The number of carbonyl (C=O) groups excluding carboxylic acids is 1. The Balaban J connectivity index is 0.00000324. The number of ether oxygens (including phenoxy) is 2. The van der Waals surface area contributed by atoms with Crippen molar-refractivity contribution >= 4 is 35.7 Å². The molecule has 3 aromatic rings. The van der Waals surface area contributed by atoms with Gasteiger partial charge in [-0.25, -0.2) is 0 Å². The van der Waals surface area contributed by atoms with Crippen LogP contribution in [0.1, 0.15) is 16.8 Å². The van der Waals surface area contributed by atoms with E-state index in [1.165, 1.54) is 0 Å². The topological polar surface area (TPSA) is 59.8 Å². The zero-order valence-corrected chi connectivity index (χ0v) is 21.0. The molecule has 2 heterocycles. The number of rotatable bonds is 9. The Morgan fingerprint density at radius 3 is 2.62 bits per heavy atom. The number of halogens is 2. The molecule has 34 heavy (non-hydrogen) atoms. The summed E-state index contributed by atoms with van der Waals surface area (Å²) >= 11 is 6.28. The predicted octanol–water partition coefficient (Wildman–Crippen LogP) is 4.19. The van der Waals surface area contributed by atoms with E-state index < -0.39 is 0 Å². The maximum atomic E-state index is 12.7. The van der Waals surface area contributed by atoms with Crippen molar-refractivity contribution in [1.82, 2.24) is 14.7 Å². The molecule has 0 radical (unpaired) electrons. The van der Waals surface area contributed by atoms with E-state index >= 15 is 0 Å². The maximum absolute atomic E-state index is 12.7. The van der Waals surface area contributed by atoms with Gasteiger partial charge in [0.2, 0.25) is 5.91 Å². The van der Waals surface area contributed by atoms with Crippen LogP contribution in [0.3, 0.4) is 0 Å². The van der Waals surface area contributed by atoms with Gasteiger partial charge in [0, 0.05) is 49.1 Å². The lowest BCUT2D eigenvalue weighted by Crippen LogP contribution is -2.51. The molecule has 0 unspecified atom stereocenters. The molecule has 1 fully saturated rings. The van der Waals surface area contributed by atoms with Crippen LogP contribution in [0.25, 0.3) is 0 Å². The molecule has 1 amide bonds. The number of amides is 1. The highest BCUT2D eigenvalue weighted by molar-refractivity contribution is 6.30. The van der Waals surface area contributed by atoms with Crippen molar-refractivity contribution in [3.63, 3.8) is 0 Å². The van der Waals surface area contributed by atoms with Crippen LogP contribution in [-0.4, -0.2) is 60.5 Å². The highest BCUT2D eigenvalue weighted by atomic mass is 35.5. The molecule has 0 spiro atoms. The van der Waals surface area contributed by atoms with Crippen LogP contribution in [0.15, 0.2) is 54.6 Å². The maximum Gasteiger partial charge on any atom is 0.242 e. The average molecular weight is 505 g/mol. The molecule has 0 atom stereocenters. The summed E-state index contributed by atoms with van der Waals surface area (Å²) < 4.78 is 13.1. The SMILES string of the molecule is COCCN1CCN(c2cc(C)n(Cc3cc(Cl)ccc3OCc3ccccc3)n2)C(=O)C1.Cl. The standard InChI is InChI=1S/C25H29ClN4O3.ClH/c1-19-14-24(29-11-10-28(12-13-32-2)17-25(29)31)27-30(19)16-21-15-22(26)8-9-23(21)33-18-20-6-4-3-5-7-20;/h3-9,14-15H,10-13,16-18H2,1-2H3;1H. The van der Waals surface area contributed by atoms with Crippen LogP contribution in [0, 0.1) is 6.92 Å². The fourth-order valence-corrected chi connectivity index (χ4v) is 4.06. The monoisotopic (exact) mass is 504 g/mol. The summed E-state index contributed by atoms with van der Waals surface area (Å²) in [6, 6.07) is 17.6. The van der Waals surface area contributed by atoms with Gasteiger partial charge in [-0.05, 0) is 30.7 Å². The number of nitrogens with zero attached hydrogens (tertiary/aromatic N) is 4. The van der Waals surface area contributed by atoms with Crippen molar-refractivity contribution in [1.29, 1.82) is 0 Å². The van der Waals surface area contributed by atoms with Gasteiger partial charge in [-0.3, -0.25) is 19.3 Å². The molecule has 0 N–H and O–H groups in total. The van der Waals surface area contributed by atoms with E-state index in [1.807, 2.05) is 66.2 Å². The molecule has 0 bridgehead atoms. The number of anilines is 1. The molecule has 4 rings (SSSR count). The average Bonchev–Trinajstić information content (AvgIpc) is 3.17. The number of benzene rings is 2. The van der Waals surface area contributed by atoms with Crippen LogP contribution in [0.2, 0.25) is 5.02 Å². The molecule has 1 aliphatic rings. The van der Waals surface area contributed by atoms with Gasteiger partial charge in [0.15, 0.2) is 5.82 Å². The highest BCUT2D eigenvalue weighted by Gasteiger charge is 2.27. The number of methoxy groups -OCH3 is 1. The van der Waals surface area contributed by atoms with Crippen molar-refractivity contribution in [2.75, 3.05) is 44.8 Å². The van der Waals surface area contributed by atoms with Crippen molar-refractivity contribution in [2.24, 2.45) is 0 Å². The third-order valence-electron chi connectivity index (χ3n) is 5.74. The number of aryl methyl sites for hydroxylation is 1. The highest BCUT2D eigenvalue weighted by Crippen LogP contribution is 2.26. The molecule has 7 nitrogen and oxygen atoms in total. The molecule has 0 saturated carbocycles. The molecule has 9 heteroatoms. The first-order valence-electron chi connectivity index (χ1n) is 11.0. The third-order valence-corrected chi connectivity index (χ3v) is 5.97. The lowest BCUT2D eigenvalue weighted by molar-refractivity contribution is -0.121. The molecule has 0 aliphatic carbocycles. The lowest BCUT2D eigenvalue weighted by Gasteiger charge is -2.32. The first-order valence-corrected chi connectivity index (χ1v) is 11.4. The number of hydrogen-bond acceptors (Lipinski definition) is 5. The largest absolute Gasteiger partial charge is 0.489 e. The van der Waals surface area contributed by atoms with Gasteiger partial charge in [-0.2, -0.15) is 5.10 Å². The molecule has 1 saturated heterocycles. The smallest absolute Gasteiger partial charge is 0.242 e. The van der Waals surface area contributed by atoms with Gasteiger partial charge in [-0.1, -0.05) is 41.9 Å². The molecule has 182 valence electrons. The van der Waals surface area contributed by atoms with E-state index in [-0.39, 0.29) is 18.3 Å². The van der Waals surface area contributed by atoms with E-state index in [0.717, 1.165) is 35.7 Å². The first-order chi connectivity index (χ1) is 16.0. The number of piperazine rings is 1. The minimum absolute atomic E-state index is 0. The predicted molar refractivity (Wildman–Crippen MR) is 136 cm³/mol. The summed E-state index contributed by atoms with van der Waals surface area (Å²) in [7, 11) is 1.67. The quantitative estimate of drug-likeness (QED) is 0.437. The molecular weight excluding hydrogens is 475 g/mol. The number of hydrogen-bond donors (Lipinski definition) is 0. The van der Waals surface area contributed by atoms with Crippen LogP contribution in [-0.2, 0) is 22.7 Å². The fourth-order valence-electron chi connectivity index (χ4n) is 3.87. The lowest BCUT2D eigenvalue weighted by atomic mass is 10.2. The van der Waals surface area contributed by atoms with Gasteiger partial charge in [0.1, 0.15) is 12.4 Å². The Hall–Kier alpha value is -2.58. The normalized spacial score (nSPS) is 14.2. The number of carbonyl (C=O) groups is 1. The van der Waals surface area contributed by atoms with E-state index in [2.05, 4.69) is 4.90 Å². The summed E-state index contributed by atoms with van der Waals surface area (Å²) in [6.07, 6.45) is 0. The van der Waals surface area contributed by atoms with E-state index in [9.17, 15) is 4.79 Å². The molecular formula is C25H30Cl2N4O3. The summed E-state index contributed by atoms with van der Waals surface area (Å²) in [4.78, 5) is 16.6. The second-order valence-electron chi connectivity index (χ2n) is 8.14. The van der Waals surface area contributed by atoms with E-state index in [0.29, 0.717) is 43.7 Å². The Kier molecular flexibility index (Phi) is 9.36. The molecule has 1 aromatic heterocycles. The first kappa shape index (κ1) is 26.0. The Bertz CT molecular complexity index is 1090. The van der Waals surface area contributed by atoms with Crippen LogP contribution >= 0.6 is 24.0 Å². The minimum Gasteiger partial charge on any atom is -0.489 e. The zero-order chi connectivity index (χ0) is 23.2. The van der Waals surface area contributed by atoms with Crippen LogP contribution in [0.5, 0.6) is 5.75 Å². The van der Waals surface area contributed by atoms with Crippen molar-refractivity contribution in [3.05, 3.63) is 76.4 Å². The molecule has 1 aliphatic heterocycles. The van der Waals surface area contributed by atoms with Gasteiger partial charge < -0.3 is 9.47 Å². The Morgan fingerprint density at radius 2 is 1.88 bits per heavy atom. The van der Waals surface area contributed by atoms with E-state index in [4.69, 9.17) is 26.2 Å². The molecule has 2 aromatic carbocycles. The van der Waals surface area contributed by atoms with E-state index in [1.54, 1.807) is 12.0 Å². The number of aromatic nitrogens is 2. The van der Waals surface area contributed by atoms with Gasteiger partial charge in [-0.15, -0.1) is 12.4 Å². The third kappa shape index (κ3) is 6.51. The van der Waals surface area contributed by atoms with Gasteiger partial charge >= 0.3 is 0 Å². The van der Waals surface area contributed by atoms with Crippen molar-refractivity contribution in [2.45, 2.75) is 20.1 Å². The van der Waals surface area contributed by atoms with Crippen molar-refractivity contribution in [3.8, 4) is 5.75 Å². The van der Waals surface area contributed by atoms with Crippen LogP contribution in [0.4, 0.5) is 5.82 Å². The second kappa shape index (κ2) is 12.2. The summed E-state index contributed by atoms with van der Waals surface area (Å²) in [5.41, 5.74) is 3.00. The van der Waals surface area contributed by atoms with Crippen molar-refractivity contribution < 1.29 is 14.3 Å². The Morgan fingerprint density at radius 1 is 1.09 bits per heavy atom. The minimum atomic E-state index is 0. The van der Waals surface area contributed by atoms with Gasteiger partial charge in [0.05, 0.1) is 19.7 Å². The summed E-state index contributed by atoms with van der Waals surface area (Å²) in [6.45, 7) is 6.12. The Labute approximate surface area is 211 Å². The van der Waals surface area contributed by atoms with Crippen LogP contribution < -0.4 is 9.64 Å². The fraction of sp³-hybridized carbons (Fsp3) is 0.360. The summed E-state index contributed by atoms with van der Waals surface area (Å²) in [5, 5.41) is 5.38. The van der Waals surface area contributed by atoms with Gasteiger partial charge in [0.25, 0.3) is 0 Å². The second-order valence-corrected chi connectivity index (χ2v) is 8.58. The summed E-state index contributed by atoms with van der Waals surface area (Å²) in [5.74, 6) is 1.50. The zero-order valence-electron chi connectivity index (χ0n) is 19.4.